The molecule has 17 heavy (non-hydrogen) atoms. The summed E-state index contributed by atoms with van der Waals surface area (Å²) in [6.07, 6.45) is 0.922. The molecule has 0 aliphatic carbocycles. The summed E-state index contributed by atoms with van der Waals surface area (Å²) in [7, 11) is 0. The van der Waals surface area contributed by atoms with E-state index in [0.717, 1.165) is 12.2 Å². The topological polar surface area (TPSA) is 67.6 Å². The number of aromatic amines is 1. The summed E-state index contributed by atoms with van der Waals surface area (Å²) in [5.41, 5.74) is 6.85. The Kier molecular flexibility index (Phi) is 3.49. The van der Waals surface area contributed by atoms with Crippen molar-refractivity contribution in [3.63, 3.8) is 0 Å². The van der Waals surface area contributed by atoms with Crippen molar-refractivity contribution in [1.29, 1.82) is 0 Å². The molecular formula is C12H14N4S. The van der Waals surface area contributed by atoms with Gasteiger partial charge in [0.2, 0.25) is 10.7 Å². The van der Waals surface area contributed by atoms with Crippen molar-refractivity contribution in [2.45, 2.75) is 19.3 Å². The molecule has 0 saturated carbocycles. The number of benzene rings is 1. The lowest BCUT2D eigenvalue weighted by Gasteiger charge is -2.14. The molecule has 0 fully saturated rings. The van der Waals surface area contributed by atoms with Gasteiger partial charge in [0, 0.05) is 5.92 Å². The number of nitrogen functional groups attached to an aromatic ring is 1. The molecule has 1 unspecified atom stereocenters. The third-order valence-electron chi connectivity index (χ3n) is 2.63. The normalized spacial score (nSPS) is 12.3. The van der Waals surface area contributed by atoms with Gasteiger partial charge in [-0.1, -0.05) is 37.3 Å². The number of H-pyrrole nitrogens is 1. The molecule has 1 aromatic carbocycles. The number of hydrogen-bond donors (Lipinski definition) is 2. The van der Waals surface area contributed by atoms with Gasteiger partial charge in [-0.3, -0.25) is 0 Å². The second-order valence-electron chi connectivity index (χ2n) is 3.77. The second-order valence-corrected chi connectivity index (χ2v) is 4.14. The molecule has 1 atom stereocenters. The van der Waals surface area contributed by atoms with E-state index in [0.29, 0.717) is 5.95 Å². The molecule has 1 aromatic heterocycles. The highest BCUT2D eigenvalue weighted by atomic mass is 32.1. The summed E-state index contributed by atoms with van der Waals surface area (Å²) < 4.78 is 0.283. The fourth-order valence-corrected chi connectivity index (χ4v) is 2.05. The minimum Gasteiger partial charge on any atom is -0.369 e. The molecule has 2 rings (SSSR count). The van der Waals surface area contributed by atoms with Gasteiger partial charge < -0.3 is 10.7 Å². The Hall–Kier alpha value is -1.75. The lowest BCUT2D eigenvalue weighted by atomic mass is 9.96. The van der Waals surface area contributed by atoms with E-state index in [9.17, 15) is 0 Å². The summed E-state index contributed by atoms with van der Waals surface area (Å²) in [5.74, 6) is 1.26. The zero-order valence-corrected chi connectivity index (χ0v) is 10.4. The molecule has 3 N–H and O–H groups in total. The van der Waals surface area contributed by atoms with Crippen LogP contribution in [0.5, 0.6) is 0 Å². The van der Waals surface area contributed by atoms with Gasteiger partial charge in [-0.05, 0) is 24.2 Å². The molecule has 0 bridgehead atoms. The monoisotopic (exact) mass is 246 g/mol. The maximum Gasteiger partial charge on any atom is 0.224 e. The van der Waals surface area contributed by atoms with E-state index in [2.05, 4.69) is 34.0 Å². The van der Waals surface area contributed by atoms with Crippen molar-refractivity contribution in [3.05, 3.63) is 46.5 Å². The smallest absolute Gasteiger partial charge is 0.224 e. The van der Waals surface area contributed by atoms with Gasteiger partial charge >= 0.3 is 0 Å². The van der Waals surface area contributed by atoms with Crippen LogP contribution >= 0.6 is 12.2 Å². The Labute approximate surface area is 105 Å². The number of nitrogens with zero attached hydrogens (tertiary/aromatic N) is 2. The van der Waals surface area contributed by atoms with Crippen molar-refractivity contribution in [1.82, 2.24) is 15.0 Å². The Balaban J connectivity index is 2.46. The summed E-state index contributed by atoms with van der Waals surface area (Å²) in [4.78, 5) is 11.1. The van der Waals surface area contributed by atoms with E-state index in [4.69, 9.17) is 18.0 Å². The molecule has 88 valence electrons. The van der Waals surface area contributed by atoms with Crippen LogP contribution in [-0.4, -0.2) is 15.0 Å². The zero-order chi connectivity index (χ0) is 12.3. The fourth-order valence-electron chi connectivity index (χ4n) is 1.86. The first kappa shape index (κ1) is 11.7. The quantitative estimate of drug-likeness (QED) is 0.817. The Morgan fingerprint density at radius 2 is 2.00 bits per heavy atom. The first-order valence-corrected chi connectivity index (χ1v) is 5.90. The first-order chi connectivity index (χ1) is 8.20. The summed E-state index contributed by atoms with van der Waals surface area (Å²) in [6.45, 7) is 2.10. The number of nitrogens with two attached hydrogens (primary N) is 1. The van der Waals surface area contributed by atoms with Crippen LogP contribution in [0.15, 0.2) is 30.3 Å². The third-order valence-corrected chi connectivity index (χ3v) is 2.81. The summed E-state index contributed by atoms with van der Waals surface area (Å²) >= 11 is 4.98. The lowest BCUT2D eigenvalue weighted by Crippen LogP contribution is -2.09. The third kappa shape index (κ3) is 2.68. The van der Waals surface area contributed by atoms with Crippen molar-refractivity contribution in [2.75, 3.05) is 5.73 Å². The number of nitrogens with one attached hydrogen (secondary N) is 1. The Morgan fingerprint density at radius 3 is 2.59 bits per heavy atom. The number of anilines is 1. The molecule has 1 heterocycles. The van der Waals surface area contributed by atoms with E-state index in [1.807, 2.05) is 18.2 Å². The molecule has 0 aliphatic heterocycles. The van der Waals surface area contributed by atoms with E-state index in [1.54, 1.807) is 0 Å². The van der Waals surface area contributed by atoms with Crippen molar-refractivity contribution in [2.24, 2.45) is 0 Å². The van der Waals surface area contributed by atoms with Crippen molar-refractivity contribution >= 4 is 18.2 Å². The lowest BCUT2D eigenvalue weighted by molar-refractivity contribution is 0.708. The largest absolute Gasteiger partial charge is 0.369 e. The number of aromatic nitrogens is 3. The molecule has 0 aliphatic rings. The van der Waals surface area contributed by atoms with Gasteiger partial charge in [0.05, 0.1) is 0 Å². The molecular weight excluding hydrogens is 232 g/mol. The average Bonchev–Trinajstić information content (AvgIpc) is 2.30. The van der Waals surface area contributed by atoms with Gasteiger partial charge in [-0.25, -0.2) is 4.98 Å². The van der Waals surface area contributed by atoms with Crippen LogP contribution < -0.4 is 5.73 Å². The van der Waals surface area contributed by atoms with Gasteiger partial charge in [0.1, 0.15) is 5.82 Å². The summed E-state index contributed by atoms with van der Waals surface area (Å²) in [6, 6.07) is 10.2. The van der Waals surface area contributed by atoms with Gasteiger partial charge in [-0.15, -0.1) is 0 Å². The van der Waals surface area contributed by atoms with Gasteiger partial charge in [-0.2, -0.15) is 4.98 Å². The zero-order valence-electron chi connectivity index (χ0n) is 9.55. The predicted octanol–water partition coefficient (Wildman–Crippen LogP) is 2.66. The van der Waals surface area contributed by atoms with Crippen LogP contribution in [0.2, 0.25) is 0 Å². The van der Waals surface area contributed by atoms with E-state index in [1.165, 1.54) is 5.56 Å². The molecule has 0 saturated heterocycles. The predicted molar refractivity (Wildman–Crippen MR) is 70.2 cm³/mol. The van der Waals surface area contributed by atoms with Crippen molar-refractivity contribution in [3.8, 4) is 0 Å². The Bertz CT molecular complexity index is 550. The van der Waals surface area contributed by atoms with Gasteiger partial charge in [0.25, 0.3) is 0 Å². The highest BCUT2D eigenvalue weighted by molar-refractivity contribution is 7.71. The average molecular weight is 246 g/mol. The van der Waals surface area contributed by atoms with Crippen LogP contribution in [0.1, 0.15) is 30.7 Å². The number of hydrogen-bond acceptors (Lipinski definition) is 4. The molecule has 0 radical (unpaired) electrons. The van der Waals surface area contributed by atoms with Crippen LogP contribution in [0.25, 0.3) is 0 Å². The van der Waals surface area contributed by atoms with Crippen LogP contribution in [0.4, 0.5) is 5.95 Å². The van der Waals surface area contributed by atoms with E-state index < -0.39 is 0 Å². The molecule has 0 spiro atoms. The van der Waals surface area contributed by atoms with E-state index >= 15 is 0 Å². The van der Waals surface area contributed by atoms with Crippen LogP contribution in [0.3, 0.4) is 0 Å². The van der Waals surface area contributed by atoms with E-state index in [-0.39, 0.29) is 10.7 Å². The minimum absolute atomic E-state index is 0.170. The summed E-state index contributed by atoms with van der Waals surface area (Å²) in [5, 5.41) is 0. The maximum atomic E-state index is 5.66. The standard InChI is InChI=1S/C12H14N4S/c1-2-9(8-6-4-3-5-7-8)10-14-11(13)16-12(17)15-10/h3-7,9H,2H2,1H3,(H3,13,14,15,16,17). The minimum atomic E-state index is 0.170. The molecule has 0 amide bonds. The first-order valence-electron chi connectivity index (χ1n) is 5.49. The Morgan fingerprint density at radius 1 is 1.29 bits per heavy atom. The highest BCUT2D eigenvalue weighted by Gasteiger charge is 2.14. The SMILES string of the molecule is CCC(c1ccccc1)c1nc(=S)nc(N)[nH]1. The maximum absolute atomic E-state index is 5.66. The van der Waals surface area contributed by atoms with Crippen LogP contribution in [0, 0.1) is 4.77 Å². The van der Waals surface area contributed by atoms with Gasteiger partial charge in [0.15, 0.2) is 0 Å². The molecule has 2 aromatic rings. The second kappa shape index (κ2) is 5.05. The highest BCUT2D eigenvalue weighted by Crippen LogP contribution is 2.24. The van der Waals surface area contributed by atoms with Crippen molar-refractivity contribution < 1.29 is 0 Å². The number of rotatable bonds is 3. The fraction of sp³-hybridized carbons (Fsp3) is 0.250. The molecule has 4 nitrogen and oxygen atoms in total. The molecule has 5 heteroatoms. The van der Waals surface area contributed by atoms with Crippen LogP contribution in [-0.2, 0) is 0 Å².